The monoisotopic (exact) mass is 258 g/mol. The zero-order valence-electron chi connectivity index (χ0n) is 6.89. The number of carbonyl (C=O) groups is 1. The molecule has 0 aliphatic heterocycles. The van der Waals surface area contributed by atoms with Crippen LogP contribution in [0.25, 0.3) is 0 Å². The number of aryl methyl sites for hydroxylation is 1. The third-order valence-electron chi connectivity index (χ3n) is 2.28. The summed E-state index contributed by atoms with van der Waals surface area (Å²) in [5.41, 5.74) is 1.89. The van der Waals surface area contributed by atoms with Gasteiger partial charge in [0.25, 0.3) is 0 Å². The zero-order valence-corrected chi connectivity index (χ0v) is 9.23. The minimum atomic E-state index is -0.0128. The van der Waals surface area contributed by atoms with Gasteiger partial charge in [-0.1, -0.05) is 27.5 Å². The summed E-state index contributed by atoms with van der Waals surface area (Å²) in [7, 11) is 0. The van der Waals surface area contributed by atoms with E-state index in [4.69, 9.17) is 11.6 Å². The minimum absolute atomic E-state index is 0.0128. The molecule has 0 aromatic heterocycles. The van der Waals surface area contributed by atoms with Gasteiger partial charge < -0.3 is 0 Å². The molecule has 0 N–H and O–H groups in total. The molecule has 0 bridgehead atoms. The third-order valence-corrected chi connectivity index (χ3v) is 3.39. The van der Waals surface area contributed by atoms with Gasteiger partial charge in [-0.05, 0) is 36.6 Å². The summed E-state index contributed by atoms with van der Waals surface area (Å²) in [5, 5.41) is 0.708. The molecular formula is C10H8BrClO. The fraction of sp³-hybridized carbons (Fsp3) is 0.300. The Kier molecular flexibility index (Phi) is 2.43. The molecule has 0 fully saturated rings. The van der Waals surface area contributed by atoms with E-state index >= 15 is 0 Å². The molecule has 0 heterocycles. The van der Waals surface area contributed by atoms with E-state index in [2.05, 4.69) is 15.9 Å². The lowest BCUT2D eigenvalue weighted by Crippen LogP contribution is -2.22. The summed E-state index contributed by atoms with van der Waals surface area (Å²) < 4.78 is 0. The van der Waals surface area contributed by atoms with E-state index in [-0.39, 0.29) is 10.6 Å². The number of rotatable bonds is 0. The molecule has 1 aromatic carbocycles. The molecule has 3 heteroatoms. The van der Waals surface area contributed by atoms with Crippen molar-refractivity contribution in [3.8, 4) is 0 Å². The summed E-state index contributed by atoms with van der Waals surface area (Å²) in [6.07, 6.45) is 1.80. The molecule has 2 rings (SSSR count). The van der Waals surface area contributed by atoms with Crippen LogP contribution in [-0.2, 0) is 6.42 Å². The van der Waals surface area contributed by atoms with Gasteiger partial charge in [-0.15, -0.1) is 0 Å². The molecule has 1 aliphatic rings. The molecular weight excluding hydrogens is 251 g/mol. The van der Waals surface area contributed by atoms with Gasteiger partial charge in [0.2, 0.25) is 0 Å². The van der Waals surface area contributed by atoms with E-state index < -0.39 is 0 Å². The van der Waals surface area contributed by atoms with E-state index in [9.17, 15) is 4.79 Å². The smallest absolute Gasteiger partial charge is 0.176 e. The quantitative estimate of drug-likeness (QED) is 0.654. The highest BCUT2D eigenvalue weighted by Crippen LogP contribution is 2.27. The maximum Gasteiger partial charge on any atom is 0.176 e. The topological polar surface area (TPSA) is 17.1 Å². The average Bonchev–Trinajstić information content (AvgIpc) is 2.12. The molecule has 0 radical (unpaired) electrons. The normalized spacial score (nSPS) is 21.4. The van der Waals surface area contributed by atoms with Crippen LogP contribution in [0, 0.1) is 0 Å². The Balaban J connectivity index is 2.50. The Morgan fingerprint density at radius 2 is 2.23 bits per heavy atom. The van der Waals surface area contributed by atoms with Crippen LogP contribution >= 0.6 is 27.5 Å². The maximum absolute atomic E-state index is 11.6. The van der Waals surface area contributed by atoms with Crippen molar-refractivity contribution in [3.05, 3.63) is 34.3 Å². The number of hydrogen-bond donors (Lipinski definition) is 0. The summed E-state index contributed by atoms with van der Waals surface area (Å²) in [4.78, 5) is 11.6. The lowest BCUT2D eigenvalue weighted by atomic mass is 9.91. The van der Waals surface area contributed by atoms with E-state index in [1.54, 1.807) is 6.07 Å². The standard InChI is InChI=1S/C10H8BrClO/c11-9-4-1-6-5-7(12)2-3-8(6)10(9)13/h2-3,5,9H,1,4H2. The predicted molar refractivity (Wildman–Crippen MR) is 56.8 cm³/mol. The fourth-order valence-corrected chi connectivity index (χ4v) is 2.26. The molecule has 0 spiro atoms. The van der Waals surface area contributed by atoms with Crippen LogP contribution in [0.2, 0.25) is 5.02 Å². The number of carbonyl (C=O) groups excluding carboxylic acids is 1. The van der Waals surface area contributed by atoms with Crippen LogP contribution in [0.5, 0.6) is 0 Å². The van der Waals surface area contributed by atoms with Gasteiger partial charge in [-0.25, -0.2) is 0 Å². The second-order valence-corrected chi connectivity index (χ2v) is 4.71. The summed E-state index contributed by atoms with van der Waals surface area (Å²) in [5.74, 6) is 0.179. The number of hydrogen-bond acceptors (Lipinski definition) is 1. The number of Topliss-reactive ketones (excluding diaryl/α,β-unsaturated/α-hetero) is 1. The Hall–Kier alpha value is -0.340. The molecule has 1 unspecified atom stereocenters. The lowest BCUT2D eigenvalue weighted by Gasteiger charge is -2.18. The van der Waals surface area contributed by atoms with E-state index in [1.165, 1.54) is 0 Å². The Morgan fingerprint density at radius 3 is 3.00 bits per heavy atom. The van der Waals surface area contributed by atoms with Crippen molar-refractivity contribution in [1.82, 2.24) is 0 Å². The second-order valence-electron chi connectivity index (χ2n) is 3.17. The highest BCUT2D eigenvalue weighted by Gasteiger charge is 2.24. The zero-order chi connectivity index (χ0) is 9.42. The molecule has 1 aliphatic carbocycles. The number of fused-ring (bicyclic) bond motifs is 1. The molecule has 1 nitrogen and oxygen atoms in total. The van der Waals surface area contributed by atoms with Crippen molar-refractivity contribution in [2.45, 2.75) is 17.7 Å². The van der Waals surface area contributed by atoms with Crippen molar-refractivity contribution in [2.24, 2.45) is 0 Å². The summed E-state index contributed by atoms with van der Waals surface area (Å²) >= 11 is 9.20. The number of halogens is 2. The first-order valence-electron chi connectivity index (χ1n) is 4.15. The molecule has 68 valence electrons. The first-order valence-corrected chi connectivity index (χ1v) is 5.44. The van der Waals surface area contributed by atoms with E-state index in [0.29, 0.717) is 5.02 Å². The van der Waals surface area contributed by atoms with Crippen molar-refractivity contribution in [2.75, 3.05) is 0 Å². The SMILES string of the molecule is O=C1c2ccc(Cl)cc2CCC1Br. The van der Waals surface area contributed by atoms with Gasteiger partial charge in [0.05, 0.1) is 4.83 Å². The minimum Gasteiger partial charge on any atom is -0.293 e. The molecule has 0 amide bonds. The largest absolute Gasteiger partial charge is 0.293 e. The van der Waals surface area contributed by atoms with Gasteiger partial charge in [-0.2, -0.15) is 0 Å². The van der Waals surface area contributed by atoms with Gasteiger partial charge in [-0.3, -0.25) is 4.79 Å². The van der Waals surface area contributed by atoms with Crippen molar-refractivity contribution >= 4 is 33.3 Å². The Bertz CT molecular complexity index is 362. The van der Waals surface area contributed by atoms with Crippen molar-refractivity contribution in [3.63, 3.8) is 0 Å². The average molecular weight is 260 g/mol. The van der Waals surface area contributed by atoms with Crippen LogP contribution in [0.15, 0.2) is 18.2 Å². The number of ketones is 1. The first-order chi connectivity index (χ1) is 6.18. The summed E-state index contributed by atoms with van der Waals surface area (Å²) in [6.45, 7) is 0. The fourth-order valence-electron chi connectivity index (χ4n) is 1.59. The van der Waals surface area contributed by atoms with Crippen LogP contribution in [0.1, 0.15) is 22.3 Å². The summed E-state index contributed by atoms with van der Waals surface area (Å²) in [6, 6.07) is 5.46. The van der Waals surface area contributed by atoms with Crippen LogP contribution in [0.3, 0.4) is 0 Å². The van der Waals surface area contributed by atoms with Gasteiger partial charge in [0.1, 0.15) is 0 Å². The maximum atomic E-state index is 11.6. The molecule has 1 aromatic rings. The second kappa shape index (κ2) is 3.43. The van der Waals surface area contributed by atoms with Crippen LogP contribution in [-0.4, -0.2) is 10.6 Å². The van der Waals surface area contributed by atoms with Crippen LogP contribution < -0.4 is 0 Å². The van der Waals surface area contributed by atoms with E-state index in [1.807, 2.05) is 12.1 Å². The van der Waals surface area contributed by atoms with Gasteiger partial charge in [0.15, 0.2) is 5.78 Å². The number of alkyl halides is 1. The Labute approximate surface area is 90.2 Å². The van der Waals surface area contributed by atoms with Gasteiger partial charge in [0, 0.05) is 10.6 Å². The molecule has 0 saturated carbocycles. The first kappa shape index (κ1) is 9.22. The van der Waals surface area contributed by atoms with Crippen LogP contribution in [0.4, 0.5) is 0 Å². The molecule has 1 atom stereocenters. The van der Waals surface area contributed by atoms with Gasteiger partial charge >= 0.3 is 0 Å². The molecule has 0 saturated heterocycles. The number of benzene rings is 1. The van der Waals surface area contributed by atoms with Crippen molar-refractivity contribution in [1.29, 1.82) is 0 Å². The third kappa shape index (κ3) is 1.65. The highest BCUT2D eigenvalue weighted by atomic mass is 79.9. The predicted octanol–water partition coefficient (Wildman–Crippen LogP) is 3.23. The molecule has 13 heavy (non-hydrogen) atoms. The lowest BCUT2D eigenvalue weighted by molar-refractivity contribution is 0.0981. The van der Waals surface area contributed by atoms with Crippen molar-refractivity contribution < 1.29 is 4.79 Å². The van der Waals surface area contributed by atoms with E-state index in [0.717, 1.165) is 24.0 Å². The Morgan fingerprint density at radius 1 is 1.46 bits per heavy atom. The highest BCUT2D eigenvalue weighted by molar-refractivity contribution is 9.10.